The average Bonchev–Trinajstić information content (AvgIpc) is 2.06. The second kappa shape index (κ2) is 3.84. The van der Waals surface area contributed by atoms with E-state index in [9.17, 15) is 14.6 Å². The first-order chi connectivity index (χ1) is 6.32. The van der Waals surface area contributed by atoms with Crippen molar-refractivity contribution in [1.29, 1.82) is 0 Å². The van der Waals surface area contributed by atoms with Crippen LogP contribution in [0.15, 0.2) is 35.4 Å². The van der Waals surface area contributed by atoms with Crippen molar-refractivity contribution in [2.75, 3.05) is 0 Å². The van der Waals surface area contributed by atoms with Crippen LogP contribution >= 0.6 is 9.24 Å². The van der Waals surface area contributed by atoms with Crippen LogP contribution in [0.3, 0.4) is 0 Å². The number of hydrogen-bond donors (Lipinski definition) is 2. The Kier molecular flexibility index (Phi) is 3.13. The van der Waals surface area contributed by atoms with Gasteiger partial charge in [0.25, 0.3) is 0 Å². The second-order valence-corrected chi connectivity index (χ2v) is 4.94. The lowest BCUT2D eigenvalue weighted by molar-refractivity contribution is 0.222. The Bertz CT molecular complexity index is 327. The summed E-state index contributed by atoms with van der Waals surface area (Å²) in [5.74, 6) is -0.730. The number of halogens is 1. The Morgan fingerprint density at radius 3 is 2.57 bits per heavy atom. The zero-order valence-electron chi connectivity index (χ0n) is 8.16. The predicted octanol–water partition coefficient (Wildman–Crippen LogP) is 2.24. The molecule has 0 bridgehead atoms. The Morgan fingerprint density at radius 1 is 1.50 bits per heavy atom. The molecule has 0 fully saturated rings. The summed E-state index contributed by atoms with van der Waals surface area (Å²) in [5.41, 5.74) is 0.339. The SMILES string of the molecule is CC(O)C1=CC(C)(P)C=C(F)C=C1O. The molecular formula is C10H14FO2P. The van der Waals surface area contributed by atoms with Crippen LogP contribution in [-0.2, 0) is 0 Å². The summed E-state index contributed by atoms with van der Waals surface area (Å²) < 4.78 is 13.1. The molecule has 0 saturated carbocycles. The lowest BCUT2D eigenvalue weighted by Crippen LogP contribution is -2.13. The fourth-order valence-electron chi connectivity index (χ4n) is 1.34. The van der Waals surface area contributed by atoms with Gasteiger partial charge in [0.05, 0.1) is 6.10 Å². The quantitative estimate of drug-likeness (QED) is 0.660. The van der Waals surface area contributed by atoms with Gasteiger partial charge in [0.2, 0.25) is 0 Å². The Labute approximate surface area is 85.0 Å². The van der Waals surface area contributed by atoms with Gasteiger partial charge in [0, 0.05) is 16.8 Å². The van der Waals surface area contributed by atoms with Crippen LogP contribution in [0.2, 0.25) is 0 Å². The second-order valence-electron chi connectivity index (χ2n) is 3.70. The van der Waals surface area contributed by atoms with E-state index < -0.39 is 17.1 Å². The van der Waals surface area contributed by atoms with E-state index in [1.54, 1.807) is 13.0 Å². The van der Waals surface area contributed by atoms with Gasteiger partial charge in [-0.15, -0.1) is 9.24 Å². The van der Waals surface area contributed by atoms with E-state index in [0.29, 0.717) is 5.57 Å². The van der Waals surface area contributed by atoms with Crippen molar-refractivity contribution in [1.82, 2.24) is 0 Å². The number of aliphatic hydroxyl groups is 2. The molecule has 0 radical (unpaired) electrons. The van der Waals surface area contributed by atoms with Crippen LogP contribution in [0.1, 0.15) is 13.8 Å². The van der Waals surface area contributed by atoms with E-state index in [1.807, 2.05) is 0 Å². The fraction of sp³-hybridized carbons (Fsp3) is 0.400. The average molecular weight is 216 g/mol. The van der Waals surface area contributed by atoms with Crippen molar-refractivity contribution in [2.45, 2.75) is 25.1 Å². The third-order valence-corrected chi connectivity index (χ3v) is 2.27. The maximum absolute atomic E-state index is 13.1. The minimum atomic E-state index is -0.814. The van der Waals surface area contributed by atoms with Crippen LogP contribution in [0.4, 0.5) is 4.39 Å². The standard InChI is InChI=1S/C10H14FO2P/c1-6(12)8-5-10(2,14)4-7(11)3-9(8)13/h3-6,12-13H,14H2,1-2H3. The van der Waals surface area contributed by atoms with Crippen LogP contribution in [0.25, 0.3) is 0 Å². The van der Waals surface area contributed by atoms with Crippen molar-refractivity contribution < 1.29 is 14.6 Å². The summed E-state index contributed by atoms with van der Waals surface area (Å²) in [6.45, 7) is 3.30. The summed E-state index contributed by atoms with van der Waals surface area (Å²) in [6, 6.07) is 0. The summed E-state index contributed by atoms with van der Waals surface area (Å²) in [7, 11) is 2.46. The topological polar surface area (TPSA) is 40.5 Å². The van der Waals surface area contributed by atoms with Crippen molar-refractivity contribution in [3.05, 3.63) is 35.4 Å². The molecule has 1 aliphatic rings. The van der Waals surface area contributed by atoms with Gasteiger partial charge in [-0.2, -0.15) is 0 Å². The maximum Gasteiger partial charge on any atom is 0.124 e. The maximum atomic E-state index is 13.1. The van der Waals surface area contributed by atoms with Crippen LogP contribution < -0.4 is 0 Å². The molecule has 0 aromatic heterocycles. The zero-order chi connectivity index (χ0) is 10.9. The molecule has 4 heteroatoms. The molecule has 2 N–H and O–H groups in total. The molecule has 0 saturated heterocycles. The first kappa shape index (κ1) is 11.4. The number of aliphatic hydroxyl groups excluding tert-OH is 2. The number of hydrogen-bond acceptors (Lipinski definition) is 2. The molecule has 14 heavy (non-hydrogen) atoms. The van der Waals surface area contributed by atoms with Gasteiger partial charge in [-0.05, 0) is 19.9 Å². The number of rotatable bonds is 1. The highest BCUT2D eigenvalue weighted by Crippen LogP contribution is 2.31. The Morgan fingerprint density at radius 2 is 2.07 bits per heavy atom. The molecule has 2 nitrogen and oxygen atoms in total. The monoisotopic (exact) mass is 216 g/mol. The molecule has 3 unspecified atom stereocenters. The van der Waals surface area contributed by atoms with Crippen molar-refractivity contribution in [3.8, 4) is 0 Å². The lowest BCUT2D eigenvalue weighted by atomic mass is 10.0. The number of allylic oxidation sites excluding steroid dienone is 4. The largest absolute Gasteiger partial charge is 0.507 e. The van der Waals surface area contributed by atoms with E-state index in [4.69, 9.17) is 0 Å². The van der Waals surface area contributed by atoms with E-state index >= 15 is 0 Å². The zero-order valence-corrected chi connectivity index (χ0v) is 9.31. The first-order valence-corrected chi connectivity index (χ1v) is 4.88. The van der Waals surface area contributed by atoms with Gasteiger partial charge < -0.3 is 10.2 Å². The highest BCUT2D eigenvalue weighted by molar-refractivity contribution is 7.19. The fourth-order valence-corrected chi connectivity index (χ4v) is 1.68. The third-order valence-electron chi connectivity index (χ3n) is 1.94. The van der Waals surface area contributed by atoms with Gasteiger partial charge in [0.15, 0.2) is 0 Å². The molecule has 0 aliphatic heterocycles. The Hall–Kier alpha value is -0.660. The van der Waals surface area contributed by atoms with E-state index in [1.165, 1.54) is 13.0 Å². The summed E-state index contributed by atoms with van der Waals surface area (Å²) in [6.07, 6.45) is 3.18. The van der Waals surface area contributed by atoms with Gasteiger partial charge in [-0.25, -0.2) is 4.39 Å². The normalized spacial score (nSPS) is 29.9. The molecule has 1 rings (SSSR count). The van der Waals surface area contributed by atoms with Gasteiger partial charge >= 0.3 is 0 Å². The van der Waals surface area contributed by atoms with Gasteiger partial charge in [-0.1, -0.05) is 6.08 Å². The minimum Gasteiger partial charge on any atom is -0.507 e. The first-order valence-electron chi connectivity index (χ1n) is 4.31. The van der Waals surface area contributed by atoms with Crippen LogP contribution in [-0.4, -0.2) is 21.5 Å². The molecule has 78 valence electrons. The molecule has 0 aromatic rings. The summed E-state index contributed by atoms with van der Waals surface area (Å²) in [5, 5.41) is 18.2. The molecule has 0 amide bonds. The molecule has 0 aromatic carbocycles. The van der Waals surface area contributed by atoms with Crippen LogP contribution in [0.5, 0.6) is 0 Å². The van der Waals surface area contributed by atoms with Gasteiger partial charge in [0.1, 0.15) is 11.6 Å². The third kappa shape index (κ3) is 2.66. The highest BCUT2D eigenvalue weighted by Gasteiger charge is 2.21. The molecule has 3 atom stereocenters. The Balaban J connectivity index is 3.20. The van der Waals surface area contributed by atoms with Crippen molar-refractivity contribution in [3.63, 3.8) is 0 Å². The van der Waals surface area contributed by atoms with E-state index in [-0.39, 0.29) is 5.76 Å². The molecule has 0 spiro atoms. The summed E-state index contributed by atoms with van der Waals surface area (Å²) in [4.78, 5) is 0. The smallest absolute Gasteiger partial charge is 0.124 e. The molecule has 0 heterocycles. The van der Waals surface area contributed by atoms with Crippen LogP contribution in [0, 0.1) is 0 Å². The molecular weight excluding hydrogens is 202 g/mol. The van der Waals surface area contributed by atoms with Gasteiger partial charge in [-0.3, -0.25) is 0 Å². The van der Waals surface area contributed by atoms with E-state index in [2.05, 4.69) is 9.24 Å². The minimum absolute atomic E-state index is 0.222. The molecule has 1 aliphatic carbocycles. The lowest BCUT2D eigenvalue weighted by Gasteiger charge is -2.17. The van der Waals surface area contributed by atoms with Crippen molar-refractivity contribution in [2.24, 2.45) is 0 Å². The predicted molar refractivity (Wildman–Crippen MR) is 57.8 cm³/mol. The van der Waals surface area contributed by atoms with E-state index in [0.717, 1.165) is 6.08 Å². The highest BCUT2D eigenvalue weighted by atomic mass is 31.0. The summed E-state index contributed by atoms with van der Waals surface area (Å²) >= 11 is 0. The van der Waals surface area contributed by atoms with Crippen molar-refractivity contribution >= 4 is 9.24 Å².